The summed E-state index contributed by atoms with van der Waals surface area (Å²) in [5.74, 6) is 0.599. The topological polar surface area (TPSA) is 85.0 Å². The van der Waals surface area contributed by atoms with Crippen molar-refractivity contribution in [1.82, 2.24) is 25.1 Å². The van der Waals surface area contributed by atoms with Gasteiger partial charge in [-0.1, -0.05) is 0 Å². The lowest BCUT2D eigenvalue weighted by Gasteiger charge is -2.30. The van der Waals surface area contributed by atoms with E-state index in [0.29, 0.717) is 5.89 Å². The van der Waals surface area contributed by atoms with E-state index in [-0.39, 0.29) is 0 Å². The van der Waals surface area contributed by atoms with E-state index in [9.17, 15) is 0 Å². The number of nitrogens with zero attached hydrogens (tertiary/aromatic N) is 5. The molecule has 1 fully saturated rings. The fourth-order valence-electron chi connectivity index (χ4n) is 2.46. The first-order chi connectivity index (χ1) is 10.4. The first kappa shape index (κ1) is 12.2. The highest BCUT2D eigenvalue weighted by Crippen LogP contribution is 2.32. The second-order valence-corrected chi connectivity index (χ2v) is 4.75. The normalized spacial score (nSPS) is 15.5. The van der Waals surface area contributed by atoms with E-state index in [2.05, 4.69) is 31.4 Å². The molecule has 108 valence electrons. The molecule has 0 amide bonds. The molecule has 4 rings (SSSR count). The molecule has 0 bridgehead atoms. The standard InChI is InChI=1S/C13H14N6O2/c1-2-11(13-16-17-21-13)12(18-3-5-20-6-4-18)7-10(1)19-9-14-8-15-19/h1-2,7-9,17H,3-6H2. The molecule has 21 heavy (non-hydrogen) atoms. The van der Waals surface area contributed by atoms with Crippen molar-refractivity contribution in [3.8, 4) is 17.1 Å². The van der Waals surface area contributed by atoms with Crippen molar-refractivity contribution >= 4 is 5.69 Å². The van der Waals surface area contributed by atoms with Crippen LogP contribution < -0.4 is 4.90 Å². The maximum atomic E-state index is 5.42. The molecule has 1 saturated heterocycles. The minimum atomic E-state index is 0.599. The van der Waals surface area contributed by atoms with Crippen LogP contribution >= 0.6 is 0 Å². The van der Waals surface area contributed by atoms with Crippen LogP contribution in [0.15, 0.2) is 35.4 Å². The molecular weight excluding hydrogens is 272 g/mol. The number of benzene rings is 1. The molecule has 1 aliphatic heterocycles. The summed E-state index contributed by atoms with van der Waals surface area (Å²) >= 11 is 0. The Labute approximate surface area is 120 Å². The van der Waals surface area contributed by atoms with Crippen LogP contribution in [0.2, 0.25) is 0 Å². The number of ether oxygens (including phenoxy) is 1. The zero-order valence-electron chi connectivity index (χ0n) is 11.3. The number of anilines is 1. The number of H-pyrrole nitrogens is 1. The SMILES string of the molecule is c1ncn(-c2ccc(-c3n[nH]o3)c(N3CCOCC3)c2)n1. The number of aromatic nitrogens is 5. The van der Waals surface area contributed by atoms with Gasteiger partial charge in [0.25, 0.3) is 5.89 Å². The number of morpholine rings is 1. The van der Waals surface area contributed by atoms with Crippen LogP contribution in [0.3, 0.4) is 0 Å². The summed E-state index contributed by atoms with van der Waals surface area (Å²) in [5.41, 5.74) is 2.97. The Bertz CT molecular complexity index is 702. The molecule has 2 aromatic heterocycles. The molecule has 0 spiro atoms. The summed E-state index contributed by atoms with van der Waals surface area (Å²) in [5, 5.41) is 10.7. The molecule has 0 aliphatic carbocycles. The third-order valence-corrected chi connectivity index (χ3v) is 3.54. The number of aromatic amines is 1. The Hall–Kier alpha value is -2.61. The van der Waals surface area contributed by atoms with Crippen LogP contribution in [0.4, 0.5) is 5.69 Å². The first-order valence-corrected chi connectivity index (χ1v) is 6.73. The second kappa shape index (κ2) is 5.06. The Morgan fingerprint density at radius 1 is 1.19 bits per heavy atom. The zero-order valence-corrected chi connectivity index (χ0v) is 11.3. The number of nitrogens with one attached hydrogen (secondary N) is 1. The molecule has 0 atom stereocenters. The van der Waals surface area contributed by atoms with E-state index < -0.39 is 0 Å². The van der Waals surface area contributed by atoms with Gasteiger partial charge in [0.05, 0.1) is 30.2 Å². The largest absolute Gasteiger partial charge is 0.378 e. The van der Waals surface area contributed by atoms with Gasteiger partial charge in [0.2, 0.25) is 0 Å². The van der Waals surface area contributed by atoms with E-state index in [1.807, 2.05) is 12.1 Å². The third-order valence-electron chi connectivity index (χ3n) is 3.54. The summed E-state index contributed by atoms with van der Waals surface area (Å²) in [4.78, 5) is 6.25. The Kier molecular flexibility index (Phi) is 2.93. The highest BCUT2D eigenvalue weighted by Gasteiger charge is 2.20. The molecule has 1 aliphatic rings. The molecule has 8 nitrogen and oxygen atoms in total. The first-order valence-electron chi connectivity index (χ1n) is 6.73. The molecule has 3 heterocycles. The van der Waals surface area contributed by atoms with Crippen molar-refractivity contribution in [2.75, 3.05) is 31.2 Å². The molecule has 1 aromatic carbocycles. The fourth-order valence-corrected chi connectivity index (χ4v) is 2.46. The van der Waals surface area contributed by atoms with Gasteiger partial charge in [-0.2, -0.15) is 5.10 Å². The van der Waals surface area contributed by atoms with Crippen molar-refractivity contribution in [3.05, 3.63) is 30.9 Å². The highest BCUT2D eigenvalue weighted by molar-refractivity contribution is 5.75. The average molecular weight is 286 g/mol. The Morgan fingerprint density at radius 2 is 2.05 bits per heavy atom. The maximum absolute atomic E-state index is 5.42. The van der Waals surface area contributed by atoms with Gasteiger partial charge in [-0.3, -0.25) is 0 Å². The summed E-state index contributed by atoms with van der Waals surface area (Å²) < 4.78 is 12.3. The maximum Gasteiger partial charge on any atom is 0.276 e. The summed E-state index contributed by atoms with van der Waals surface area (Å²) in [6.07, 6.45) is 3.20. The minimum Gasteiger partial charge on any atom is -0.378 e. The molecule has 3 aromatic rings. The molecule has 0 unspecified atom stereocenters. The van der Waals surface area contributed by atoms with Crippen LogP contribution in [0, 0.1) is 0 Å². The lowest BCUT2D eigenvalue weighted by atomic mass is 10.1. The van der Waals surface area contributed by atoms with E-state index in [1.54, 1.807) is 11.0 Å². The predicted octanol–water partition coefficient (Wildman–Crippen LogP) is 1.09. The van der Waals surface area contributed by atoms with Gasteiger partial charge in [0.1, 0.15) is 12.7 Å². The smallest absolute Gasteiger partial charge is 0.276 e. The number of hydrogen-bond donors (Lipinski definition) is 1. The van der Waals surface area contributed by atoms with Gasteiger partial charge >= 0.3 is 0 Å². The zero-order chi connectivity index (χ0) is 14.1. The van der Waals surface area contributed by atoms with Crippen molar-refractivity contribution in [1.29, 1.82) is 0 Å². The van der Waals surface area contributed by atoms with Crippen molar-refractivity contribution in [2.24, 2.45) is 0 Å². The van der Waals surface area contributed by atoms with Gasteiger partial charge < -0.3 is 14.2 Å². The highest BCUT2D eigenvalue weighted by atomic mass is 16.5. The Balaban J connectivity index is 1.78. The lowest BCUT2D eigenvalue weighted by molar-refractivity contribution is 0.122. The van der Waals surface area contributed by atoms with E-state index in [1.165, 1.54) is 6.33 Å². The molecule has 0 saturated carbocycles. The predicted molar refractivity (Wildman–Crippen MR) is 74.2 cm³/mol. The second-order valence-electron chi connectivity index (χ2n) is 4.75. The van der Waals surface area contributed by atoms with Gasteiger partial charge in [-0.25, -0.2) is 9.67 Å². The van der Waals surface area contributed by atoms with Gasteiger partial charge in [0, 0.05) is 13.1 Å². The van der Waals surface area contributed by atoms with Crippen LogP contribution in [0.5, 0.6) is 0 Å². The van der Waals surface area contributed by atoms with Gasteiger partial charge in [-0.15, -0.1) is 10.4 Å². The number of rotatable bonds is 3. The van der Waals surface area contributed by atoms with Crippen molar-refractivity contribution < 1.29 is 9.26 Å². The summed E-state index contributed by atoms with van der Waals surface area (Å²) in [6.45, 7) is 3.13. The van der Waals surface area contributed by atoms with E-state index in [4.69, 9.17) is 9.26 Å². The number of hydrogen-bond acceptors (Lipinski definition) is 6. The quantitative estimate of drug-likeness (QED) is 0.775. The van der Waals surface area contributed by atoms with Crippen LogP contribution in [0.1, 0.15) is 0 Å². The van der Waals surface area contributed by atoms with Crippen LogP contribution in [-0.2, 0) is 4.74 Å². The van der Waals surface area contributed by atoms with Crippen LogP contribution in [0.25, 0.3) is 17.1 Å². The lowest BCUT2D eigenvalue weighted by Crippen LogP contribution is -2.36. The molecular formula is C13H14N6O2. The van der Waals surface area contributed by atoms with E-state index >= 15 is 0 Å². The summed E-state index contributed by atoms with van der Waals surface area (Å²) in [7, 11) is 0. The minimum absolute atomic E-state index is 0.599. The molecule has 0 radical (unpaired) electrons. The monoisotopic (exact) mass is 286 g/mol. The summed E-state index contributed by atoms with van der Waals surface area (Å²) in [6, 6.07) is 6.03. The average Bonchev–Trinajstić information content (AvgIpc) is 3.01. The van der Waals surface area contributed by atoms with Crippen LogP contribution in [-0.4, -0.2) is 51.4 Å². The Morgan fingerprint density at radius 3 is 2.71 bits per heavy atom. The molecule has 1 N–H and O–H groups in total. The third kappa shape index (κ3) is 2.19. The van der Waals surface area contributed by atoms with Gasteiger partial charge in [-0.05, 0) is 18.2 Å². The molecule has 8 heteroatoms. The van der Waals surface area contributed by atoms with Crippen molar-refractivity contribution in [2.45, 2.75) is 0 Å². The fraction of sp³-hybridized carbons (Fsp3) is 0.308. The van der Waals surface area contributed by atoms with Crippen molar-refractivity contribution in [3.63, 3.8) is 0 Å². The van der Waals surface area contributed by atoms with Gasteiger partial charge in [0.15, 0.2) is 0 Å². The van der Waals surface area contributed by atoms with E-state index in [0.717, 1.165) is 43.2 Å².